The van der Waals surface area contributed by atoms with Crippen LogP contribution < -0.4 is 15.0 Å². The summed E-state index contributed by atoms with van der Waals surface area (Å²) in [6.07, 6.45) is 1.62. The lowest BCUT2D eigenvalue weighted by Crippen LogP contribution is -2.36. The number of benzene rings is 2. The summed E-state index contributed by atoms with van der Waals surface area (Å²) in [6.45, 7) is 5.16. The molecule has 1 fully saturated rings. The van der Waals surface area contributed by atoms with Crippen molar-refractivity contribution >= 4 is 23.4 Å². The molecule has 1 N–H and O–H groups in total. The van der Waals surface area contributed by atoms with Crippen LogP contribution in [-0.4, -0.2) is 39.3 Å². The molecule has 144 valence electrons. The lowest BCUT2D eigenvalue weighted by Gasteiger charge is -2.29. The van der Waals surface area contributed by atoms with Crippen LogP contribution in [0.1, 0.15) is 11.1 Å². The zero-order valence-electron chi connectivity index (χ0n) is 16.1. The van der Waals surface area contributed by atoms with Crippen molar-refractivity contribution in [1.29, 1.82) is 5.26 Å². The molecule has 2 aromatic rings. The van der Waals surface area contributed by atoms with Crippen molar-refractivity contribution in [3.8, 4) is 11.8 Å². The first-order chi connectivity index (χ1) is 13.6. The van der Waals surface area contributed by atoms with Crippen LogP contribution in [0, 0.1) is 18.3 Å². The molecule has 28 heavy (non-hydrogen) atoms. The molecule has 0 atom stereocenters. The Balaban J connectivity index is 1.75. The summed E-state index contributed by atoms with van der Waals surface area (Å²) < 4.78 is 10.5. The lowest BCUT2D eigenvalue weighted by molar-refractivity contribution is -0.112. The molecule has 0 bridgehead atoms. The fourth-order valence-electron chi connectivity index (χ4n) is 3.02. The second-order valence-corrected chi connectivity index (χ2v) is 6.49. The maximum atomic E-state index is 12.5. The summed E-state index contributed by atoms with van der Waals surface area (Å²) in [5.74, 6) is 0.259. The summed E-state index contributed by atoms with van der Waals surface area (Å²) >= 11 is 0. The first-order valence-electron chi connectivity index (χ1n) is 9.11. The SMILES string of the molecule is COc1ccc(NC(=O)/C(C#N)=C\c2ccc(N3CCOCC3)cc2C)cc1. The molecule has 0 radical (unpaired) electrons. The molecular formula is C22H23N3O3. The third kappa shape index (κ3) is 4.70. The van der Waals surface area contributed by atoms with Gasteiger partial charge in [-0.15, -0.1) is 0 Å². The molecule has 0 unspecified atom stereocenters. The van der Waals surface area contributed by atoms with E-state index >= 15 is 0 Å². The van der Waals surface area contributed by atoms with E-state index in [9.17, 15) is 10.1 Å². The van der Waals surface area contributed by atoms with Gasteiger partial charge >= 0.3 is 0 Å². The number of nitrogens with zero attached hydrogens (tertiary/aromatic N) is 2. The van der Waals surface area contributed by atoms with Crippen LogP contribution >= 0.6 is 0 Å². The van der Waals surface area contributed by atoms with E-state index in [4.69, 9.17) is 9.47 Å². The van der Waals surface area contributed by atoms with Gasteiger partial charge in [-0.25, -0.2) is 0 Å². The van der Waals surface area contributed by atoms with E-state index in [1.54, 1.807) is 37.5 Å². The fraction of sp³-hybridized carbons (Fsp3) is 0.273. The Morgan fingerprint density at radius 1 is 1.21 bits per heavy atom. The Kier molecular flexibility index (Phi) is 6.30. The standard InChI is InChI=1S/C22H23N3O3/c1-16-13-20(25-9-11-28-12-10-25)6-3-17(16)14-18(15-23)22(26)24-19-4-7-21(27-2)8-5-19/h3-8,13-14H,9-12H2,1-2H3,(H,24,26)/b18-14-. The number of hydrogen-bond donors (Lipinski definition) is 1. The summed E-state index contributed by atoms with van der Waals surface area (Å²) in [4.78, 5) is 14.7. The van der Waals surface area contributed by atoms with Gasteiger partial charge in [0, 0.05) is 24.5 Å². The van der Waals surface area contributed by atoms with E-state index in [-0.39, 0.29) is 5.57 Å². The number of nitrogens with one attached hydrogen (secondary N) is 1. The predicted octanol–water partition coefficient (Wildman–Crippen LogP) is 3.39. The van der Waals surface area contributed by atoms with Gasteiger partial charge in [0.2, 0.25) is 0 Å². The molecule has 1 aliphatic heterocycles. The number of amides is 1. The highest BCUT2D eigenvalue weighted by molar-refractivity contribution is 6.09. The number of morpholine rings is 1. The van der Waals surface area contributed by atoms with Gasteiger partial charge in [0.25, 0.3) is 5.91 Å². The van der Waals surface area contributed by atoms with Crippen molar-refractivity contribution in [3.63, 3.8) is 0 Å². The smallest absolute Gasteiger partial charge is 0.266 e. The first-order valence-corrected chi connectivity index (χ1v) is 9.11. The van der Waals surface area contributed by atoms with Crippen molar-refractivity contribution in [2.75, 3.05) is 43.6 Å². The number of hydrogen-bond acceptors (Lipinski definition) is 5. The van der Waals surface area contributed by atoms with Crippen molar-refractivity contribution in [1.82, 2.24) is 0 Å². The first kappa shape index (κ1) is 19.5. The Bertz CT molecular complexity index is 908. The van der Waals surface area contributed by atoms with Gasteiger partial charge in [0.15, 0.2) is 0 Å². The number of ether oxygens (including phenoxy) is 2. The topological polar surface area (TPSA) is 74.6 Å². The van der Waals surface area contributed by atoms with Crippen LogP contribution in [0.5, 0.6) is 5.75 Å². The Morgan fingerprint density at radius 2 is 1.93 bits per heavy atom. The molecule has 1 heterocycles. The average molecular weight is 377 g/mol. The van der Waals surface area contributed by atoms with Gasteiger partial charge in [-0.1, -0.05) is 6.07 Å². The summed E-state index contributed by atoms with van der Waals surface area (Å²) in [6, 6.07) is 15.0. The molecule has 2 aromatic carbocycles. The van der Waals surface area contributed by atoms with E-state index in [1.807, 2.05) is 25.1 Å². The quantitative estimate of drug-likeness (QED) is 0.639. The molecule has 1 amide bonds. The molecule has 0 aliphatic carbocycles. The van der Waals surface area contributed by atoms with Crippen molar-refractivity contribution in [2.45, 2.75) is 6.92 Å². The Hall–Kier alpha value is -3.30. The van der Waals surface area contributed by atoms with Crippen molar-refractivity contribution in [2.24, 2.45) is 0 Å². The van der Waals surface area contributed by atoms with Gasteiger partial charge in [0.05, 0.1) is 20.3 Å². The number of carbonyl (C=O) groups is 1. The summed E-state index contributed by atoms with van der Waals surface area (Å²) in [5.41, 5.74) is 3.64. The van der Waals surface area contributed by atoms with E-state index in [0.717, 1.165) is 43.1 Å². The Labute approximate surface area is 165 Å². The van der Waals surface area contributed by atoms with Gasteiger partial charge in [-0.2, -0.15) is 5.26 Å². The van der Waals surface area contributed by atoms with Gasteiger partial charge in [-0.05, 0) is 60.5 Å². The molecule has 0 saturated carbocycles. The van der Waals surface area contributed by atoms with Gasteiger partial charge in [0.1, 0.15) is 17.4 Å². The van der Waals surface area contributed by atoms with Crippen LogP contribution in [0.2, 0.25) is 0 Å². The summed E-state index contributed by atoms with van der Waals surface area (Å²) in [7, 11) is 1.58. The van der Waals surface area contributed by atoms with Crippen molar-refractivity contribution < 1.29 is 14.3 Å². The monoisotopic (exact) mass is 377 g/mol. The lowest BCUT2D eigenvalue weighted by atomic mass is 10.0. The van der Waals surface area contributed by atoms with Crippen molar-refractivity contribution in [3.05, 3.63) is 59.2 Å². The molecule has 6 nitrogen and oxygen atoms in total. The van der Waals surface area contributed by atoms with Crippen LogP contribution in [0.3, 0.4) is 0 Å². The molecule has 0 spiro atoms. The van der Waals surface area contributed by atoms with E-state index < -0.39 is 5.91 Å². The largest absolute Gasteiger partial charge is 0.497 e. The predicted molar refractivity (Wildman–Crippen MR) is 109 cm³/mol. The van der Waals surface area contributed by atoms with Gasteiger partial charge in [-0.3, -0.25) is 4.79 Å². The minimum atomic E-state index is -0.440. The second-order valence-electron chi connectivity index (χ2n) is 6.49. The maximum Gasteiger partial charge on any atom is 0.266 e. The summed E-state index contributed by atoms with van der Waals surface area (Å²) in [5, 5.41) is 12.2. The zero-order chi connectivity index (χ0) is 19.9. The number of aryl methyl sites for hydroxylation is 1. The molecular weight excluding hydrogens is 354 g/mol. The number of carbonyl (C=O) groups excluding carboxylic acids is 1. The van der Waals surface area contributed by atoms with Crippen LogP contribution in [-0.2, 0) is 9.53 Å². The Morgan fingerprint density at radius 3 is 2.54 bits per heavy atom. The second kappa shape index (κ2) is 9.07. The maximum absolute atomic E-state index is 12.5. The highest BCUT2D eigenvalue weighted by Crippen LogP contribution is 2.22. The van der Waals surface area contributed by atoms with E-state index in [1.165, 1.54) is 0 Å². The zero-order valence-corrected chi connectivity index (χ0v) is 16.1. The average Bonchev–Trinajstić information content (AvgIpc) is 2.74. The minimum Gasteiger partial charge on any atom is -0.497 e. The van der Waals surface area contributed by atoms with E-state index in [0.29, 0.717) is 11.4 Å². The number of methoxy groups -OCH3 is 1. The minimum absolute atomic E-state index is 0.0537. The third-order valence-electron chi connectivity index (χ3n) is 4.64. The highest BCUT2D eigenvalue weighted by Gasteiger charge is 2.13. The van der Waals surface area contributed by atoms with Gasteiger partial charge < -0.3 is 19.7 Å². The molecule has 3 rings (SSSR count). The number of rotatable bonds is 5. The van der Waals surface area contributed by atoms with Crippen LogP contribution in [0.4, 0.5) is 11.4 Å². The van der Waals surface area contributed by atoms with E-state index in [2.05, 4.69) is 16.3 Å². The van der Waals surface area contributed by atoms with Crippen LogP contribution in [0.25, 0.3) is 6.08 Å². The number of anilines is 2. The normalized spacial score (nSPS) is 14.3. The molecule has 6 heteroatoms. The molecule has 1 saturated heterocycles. The fourth-order valence-corrected chi connectivity index (χ4v) is 3.02. The highest BCUT2D eigenvalue weighted by atomic mass is 16.5. The third-order valence-corrected chi connectivity index (χ3v) is 4.64. The molecule has 0 aromatic heterocycles. The molecule has 1 aliphatic rings. The number of nitriles is 1. The van der Waals surface area contributed by atoms with Crippen LogP contribution in [0.15, 0.2) is 48.0 Å².